The molecule has 112 valence electrons. The summed E-state index contributed by atoms with van der Waals surface area (Å²) in [6.07, 6.45) is 0. The van der Waals surface area contributed by atoms with E-state index in [9.17, 15) is 4.79 Å². The Morgan fingerprint density at radius 1 is 1.30 bits per heavy atom. The standard InChI is InChI=1S/C15H23BrN2O2/c1-10(2)18(11(3)4)8-7-17-14-6-5-12(15(19)20)9-13(14)16/h5-6,9-11,17H,7-8H2,1-4H3,(H,19,20). The van der Waals surface area contributed by atoms with Crippen LogP contribution in [0.4, 0.5) is 5.69 Å². The quantitative estimate of drug-likeness (QED) is 0.793. The molecular weight excluding hydrogens is 320 g/mol. The maximum Gasteiger partial charge on any atom is 0.335 e. The molecule has 0 aliphatic carbocycles. The maximum atomic E-state index is 10.9. The monoisotopic (exact) mass is 342 g/mol. The number of nitrogens with one attached hydrogen (secondary N) is 1. The first kappa shape index (κ1) is 17.0. The molecule has 1 aromatic carbocycles. The van der Waals surface area contributed by atoms with Gasteiger partial charge in [0.1, 0.15) is 0 Å². The van der Waals surface area contributed by atoms with Gasteiger partial charge in [-0.1, -0.05) is 0 Å². The molecule has 0 saturated carbocycles. The highest BCUT2D eigenvalue weighted by Crippen LogP contribution is 2.23. The van der Waals surface area contributed by atoms with Crippen molar-refractivity contribution in [1.29, 1.82) is 0 Å². The molecule has 0 radical (unpaired) electrons. The van der Waals surface area contributed by atoms with Gasteiger partial charge in [0.2, 0.25) is 0 Å². The summed E-state index contributed by atoms with van der Waals surface area (Å²) in [6.45, 7) is 10.5. The molecule has 1 rings (SSSR count). The third-order valence-electron chi connectivity index (χ3n) is 3.23. The number of carboxylic acid groups (broad SMARTS) is 1. The van der Waals surface area contributed by atoms with Crippen molar-refractivity contribution >= 4 is 27.6 Å². The summed E-state index contributed by atoms with van der Waals surface area (Å²) in [7, 11) is 0. The molecule has 0 amide bonds. The summed E-state index contributed by atoms with van der Waals surface area (Å²) < 4.78 is 0.776. The fraction of sp³-hybridized carbons (Fsp3) is 0.533. The average molecular weight is 343 g/mol. The zero-order valence-electron chi connectivity index (χ0n) is 12.5. The van der Waals surface area contributed by atoms with Crippen LogP contribution in [0, 0.1) is 0 Å². The van der Waals surface area contributed by atoms with Gasteiger partial charge in [-0.2, -0.15) is 0 Å². The first-order chi connectivity index (χ1) is 9.32. The van der Waals surface area contributed by atoms with E-state index < -0.39 is 5.97 Å². The SMILES string of the molecule is CC(C)N(CCNc1ccc(C(=O)O)cc1Br)C(C)C. The first-order valence-corrected chi connectivity index (χ1v) is 7.64. The summed E-state index contributed by atoms with van der Waals surface area (Å²) in [5, 5.41) is 12.3. The van der Waals surface area contributed by atoms with Gasteiger partial charge in [0.25, 0.3) is 0 Å². The van der Waals surface area contributed by atoms with E-state index in [4.69, 9.17) is 5.11 Å². The van der Waals surface area contributed by atoms with Crippen molar-refractivity contribution in [1.82, 2.24) is 4.90 Å². The maximum absolute atomic E-state index is 10.9. The minimum atomic E-state index is -0.914. The van der Waals surface area contributed by atoms with Crippen LogP contribution in [-0.2, 0) is 0 Å². The number of hydrogen-bond acceptors (Lipinski definition) is 3. The van der Waals surface area contributed by atoms with Crippen LogP contribution in [0.5, 0.6) is 0 Å². The molecule has 0 aromatic heterocycles. The highest BCUT2D eigenvalue weighted by Gasteiger charge is 2.13. The van der Waals surface area contributed by atoms with Crippen LogP contribution in [0.1, 0.15) is 38.1 Å². The Kier molecular flexibility index (Phi) is 6.49. The lowest BCUT2D eigenvalue weighted by Gasteiger charge is -2.30. The summed E-state index contributed by atoms with van der Waals surface area (Å²) >= 11 is 3.40. The molecule has 0 heterocycles. The van der Waals surface area contributed by atoms with Gasteiger partial charge in [0.15, 0.2) is 0 Å². The second-order valence-corrected chi connectivity index (χ2v) is 6.21. The van der Waals surface area contributed by atoms with Crippen molar-refractivity contribution < 1.29 is 9.90 Å². The van der Waals surface area contributed by atoms with E-state index in [2.05, 4.69) is 53.8 Å². The number of aromatic carboxylic acids is 1. The number of carbonyl (C=O) groups is 1. The van der Waals surface area contributed by atoms with Crippen LogP contribution in [-0.4, -0.2) is 41.1 Å². The van der Waals surface area contributed by atoms with E-state index in [1.165, 1.54) is 0 Å². The van der Waals surface area contributed by atoms with E-state index in [0.717, 1.165) is 23.2 Å². The summed E-state index contributed by atoms with van der Waals surface area (Å²) in [5.41, 5.74) is 1.20. The van der Waals surface area contributed by atoms with Crippen molar-refractivity contribution in [3.8, 4) is 0 Å². The van der Waals surface area contributed by atoms with Crippen LogP contribution in [0.2, 0.25) is 0 Å². The number of nitrogens with zero attached hydrogens (tertiary/aromatic N) is 1. The predicted octanol–water partition coefficient (Wildman–Crippen LogP) is 3.68. The van der Waals surface area contributed by atoms with Crippen molar-refractivity contribution in [2.24, 2.45) is 0 Å². The minimum Gasteiger partial charge on any atom is -0.478 e. The Balaban J connectivity index is 2.60. The molecule has 0 fully saturated rings. The van der Waals surface area contributed by atoms with Gasteiger partial charge in [0.05, 0.1) is 5.56 Å². The molecule has 0 atom stereocenters. The third-order valence-corrected chi connectivity index (χ3v) is 3.88. The molecule has 0 unspecified atom stereocenters. The third kappa shape index (κ3) is 4.80. The normalized spacial score (nSPS) is 11.4. The molecule has 0 aliphatic rings. The van der Waals surface area contributed by atoms with E-state index >= 15 is 0 Å². The van der Waals surface area contributed by atoms with Crippen molar-refractivity contribution in [2.75, 3.05) is 18.4 Å². The smallest absolute Gasteiger partial charge is 0.335 e. The lowest BCUT2D eigenvalue weighted by atomic mass is 10.2. The molecule has 0 bridgehead atoms. The van der Waals surface area contributed by atoms with Crippen molar-refractivity contribution in [2.45, 2.75) is 39.8 Å². The van der Waals surface area contributed by atoms with Crippen LogP contribution >= 0.6 is 15.9 Å². The van der Waals surface area contributed by atoms with E-state index in [1.807, 2.05) is 0 Å². The molecule has 4 nitrogen and oxygen atoms in total. The summed E-state index contributed by atoms with van der Waals surface area (Å²) in [4.78, 5) is 13.3. The molecule has 20 heavy (non-hydrogen) atoms. The molecule has 0 spiro atoms. The van der Waals surface area contributed by atoms with Gasteiger partial charge in [-0.3, -0.25) is 4.90 Å². The number of anilines is 1. The second kappa shape index (κ2) is 7.64. The van der Waals surface area contributed by atoms with Crippen LogP contribution in [0.3, 0.4) is 0 Å². The summed E-state index contributed by atoms with van der Waals surface area (Å²) in [6, 6.07) is 6.04. The van der Waals surface area contributed by atoms with Gasteiger partial charge in [-0.05, 0) is 61.8 Å². The molecule has 0 saturated heterocycles. The predicted molar refractivity (Wildman–Crippen MR) is 86.6 cm³/mol. The fourth-order valence-electron chi connectivity index (χ4n) is 2.22. The van der Waals surface area contributed by atoms with Gasteiger partial charge in [-0.25, -0.2) is 4.79 Å². The number of carboxylic acids is 1. The lowest BCUT2D eigenvalue weighted by molar-refractivity contribution is 0.0697. The van der Waals surface area contributed by atoms with Gasteiger partial charge >= 0.3 is 5.97 Å². The lowest BCUT2D eigenvalue weighted by Crippen LogP contribution is -2.40. The Bertz CT molecular complexity index is 453. The van der Waals surface area contributed by atoms with E-state index in [0.29, 0.717) is 12.1 Å². The Hall–Kier alpha value is -1.07. The highest BCUT2D eigenvalue weighted by molar-refractivity contribution is 9.10. The van der Waals surface area contributed by atoms with Crippen molar-refractivity contribution in [3.05, 3.63) is 28.2 Å². The van der Waals surface area contributed by atoms with Crippen LogP contribution in [0.25, 0.3) is 0 Å². The number of benzene rings is 1. The van der Waals surface area contributed by atoms with E-state index in [-0.39, 0.29) is 5.56 Å². The topological polar surface area (TPSA) is 52.6 Å². The summed E-state index contributed by atoms with van der Waals surface area (Å²) in [5.74, 6) is -0.914. The number of halogens is 1. The molecule has 0 aliphatic heterocycles. The minimum absolute atomic E-state index is 0.286. The highest BCUT2D eigenvalue weighted by atomic mass is 79.9. The number of rotatable bonds is 7. The number of hydrogen-bond donors (Lipinski definition) is 2. The molecule has 1 aromatic rings. The Morgan fingerprint density at radius 2 is 1.90 bits per heavy atom. The van der Waals surface area contributed by atoms with E-state index in [1.54, 1.807) is 18.2 Å². The second-order valence-electron chi connectivity index (χ2n) is 5.35. The molecule has 2 N–H and O–H groups in total. The van der Waals surface area contributed by atoms with Crippen LogP contribution in [0.15, 0.2) is 22.7 Å². The average Bonchev–Trinajstić information content (AvgIpc) is 2.34. The van der Waals surface area contributed by atoms with Gasteiger partial charge in [-0.15, -0.1) is 0 Å². The molecular formula is C15H23BrN2O2. The van der Waals surface area contributed by atoms with Crippen LogP contribution < -0.4 is 5.32 Å². The largest absolute Gasteiger partial charge is 0.478 e. The Labute approximate surface area is 129 Å². The van der Waals surface area contributed by atoms with Crippen molar-refractivity contribution in [3.63, 3.8) is 0 Å². The van der Waals surface area contributed by atoms with Gasteiger partial charge < -0.3 is 10.4 Å². The first-order valence-electron chi connectivity index (χ1n) is 6.85. The Morgan fingerprint density at radius 3 is 2.35 bits per heavy atom. The molecule has 5 heteroatoms. The zero-order chi connectivity index (χ0) is 15.3. The zero-order valence-corrected chi connectivity index (χ0v) is 14.1. The fourth-order valence-corrected chi connectivity index (χ4v) is 2.74. The van der Waals surface area contributed by atoms with Gasteiger partial charge in [0, 0.05) is 35.3 Å².